The van der Waals surface area contributed by atoms with Crippen molar-refractivity contribution in [3.63, 3.8) is 0 Å². The molecule has 0 aromatic rings. The number of nitrogens with zero attached hydrogens (tertiary/aromatic N) is 1. The fraction of sp³-hybridized carbons (Fsp3) is 0.941. The predicted octanol–water partition coefficient (Wildman–Crippen LogP) is 3.15. The van der Waals surface area contributed by atoms with Gasteiger partial charge in [-0.25, -0.2) is 0 Å². The van der Waals surface area contributed by atoms with Crippen LogP contribution in [0.25, 0.3) is 0 Å². The average Bonchev–Trinajstić information content (AvgIpc) is 3.25. The zero-order valence-electron chi connectivity index (χ0n) is 13.5. The summed E-state index contributed by atoms with van der Waals surface area (Å²) in [7, 11) is 0. The molecule has 3 aliphatic rings. The van der Waals surface area contributed by atoms with E-state index in [9.17, 15) is 4.79 Å². The van der Waals surface area contributed by atoms with Gasteiger partial charge in [-0.1, -0.05) is 20.8 Å². The molecule has 0 radical (unpaired) electrons. The third-order valence-corrected chi connectivity index (χ3v) is 5.82. The van der Waals surface area contributed by atoms with E-state index in [-0.39, 0.29) is 11.7 Å². The smallest absolute Gasteiger partial charge is 0.243 e. The molecule has 3 nitrogen and oxygen atoms in total. The molecule has 2 aliphatic carbocycles. The number of carbonyl (C=O) groups excluding carboxylic acids is 1. The van der Waals surface area contributed by atoms with Crippen molar-refractivity contribution in [2.45, 2.75) is 77.9 Å². The summed E-state index contributed by atoms with van der Waals surface area (Å²) in [5, 5.41) is 3.63. The van der Waals surface area contributed by atoms with Crippen molar-refractivity contribution >= 4 is 5.91 Å². The van der Waals surface area contributed by atoms with Gasteiger partial charge in [0.25, 0.3) is 0 Å². The SMILES string of the molecule is CCC1(C)NC(CC(C)C)N(CC2(C3CC3)CC2)C1=O. The number of nitrogens with one attached hydrogen (secondary N) is 1. The predicted molar refractivity (Wildman–Crippen MR) is 81.2 cm³/mol. The summed E-state index contributed by atoms with van der Waals surface area (Å²) in [6.07, 6.45) is 7.70. The molecule has 1 heterocycles. The Bertz CT molecular complexity index is 398. The van der Waals surface area contributed by atoms with E-state index in [0.29, 0.717) is 17.2 Å². The Balaban J connectivity index is 1.75. The Morgan fingerprint density at radius 2 is 2.00 bits per heavy atom. The van der Waals surface area contributed by atoms with Crippen molar-refractivity contribution in [3.8, 4) is 0 Å². The highest BCUT2D eigenvalue weighted by Gasteiger charge is 2.57. The van der Waals surface area contributed by atoms with Gasteiger partial charge in [-0.15, -0.1) is 0 Å². The van der Waals surface area contributed by atoms with E-state index in [1.54, 1.807) is 0 Å². The first kappa shape index (κ1) is 14.4. The third kappa shape index (κ3) is 2.38. The normalized spacial score (nSPS) is 36.0. The van der Waals surface area contributed by atoms with E-state index in [4.69, 9.17) is 0 Å². The molecule has 1 aliphatic heterocycles. The van der Waals surface area contributed by atoms with Crippen LogP contribution in [-0.2, 0) is 4.79 Å². The molecule has 0 spiro atoms. The second-order valence-corrected chi connectivity index (χ2v) is 8.05. The second kappa shape index (κ2) is 4.72. The van der Waals surface area contributed by atoms with E-state index < -0.39 is 0 Å². The van der Waals surface area contributed by atoms with Crippen LogP contribution in [0.15, 0.2) is 0 Å². The first-order valence-electron chi connectivity index (χ1n) is 8.49. The van der Waals surface area contributed by atoms with Crippen molar-refractivity contribution < 1.29 is 4.79 Å². The third-order valence-electron chi connectivity index (χ3n) is 5.82. The van der Waals surface area contributed by atoms with Gasteiger partial charge in [-0.2, -0.15) is 0 Å². The molecule has 2 saturated carbocycles. The highest BCUT2D eigenvalue weighted by atomic mass is 16.2. The molecule has 1 saturated heterocycles. The Kier molecular flexibility index (Phi) is 3.39. The Labute approximate surface area is 123 Å². The van der Waals surface area contributed by atoms with Gasteiger partial charge in [0.05, 0.1) is 11.7 Å². The molecule has 2 atom stereocenters. The molecule has 114 valence electrons. The molecular formula is C17H30N2O. The first-order chi connectivity index (χ1) is 9.40. The highest BCUT2D eigenvalue weighted by molar-refractivity contribution is 5.88. The Morgan fingerprint density at radius 3 is 2.45 bits per heavy atom. The lowest BCUT2D eigenvalue weighted by Crippen LogP contribution is -2.44. The summed E-state index contributed by atoms with van der Waals surface area (Å²) in [6.45, 7) is 9.71. The molecule has 1 amide bonds. The molecular weight excluding hydrogens is 248 g/mol. The van der Waals surface area contributed by atoms with Gasteiger partial charge in [0.1, 0.15) is 0 Å². The van der Waals surface area contributed by atoms with E-state index in [1.807, 2.05) is 0 Å². The van der Waals surface area contributed by atoms with Crippen molar-refractivity contribution in [1.82, 2.24) is 10.2 Å². The first-order valence-corrected chi connectivity index (χ1v) is 8.49. The van der Waals surface area contributed by atoms with Gasteiger partial charge in [-0.05, 0) is 62.7 Å². The van der Waals surface area contributed by atoms with E-state index in [1.165, 1.54) is 25.7 Å². The fourth-order valence-electron chi connectivity index (χ4n) is 3.92. The number of hydrogen-bond donors (Lipinski definition) is 1. The maximum Gasteiger partial charge on any atom is 0.243 e. The fourth-order valence-corrected chi connectivity index (χ4v) is 3.92. The summed E-state index contributed by atoms with van der Waals surface area (Å²) in [6, 6.07) is 0. The number of carbonyl (C=O) groups is 1. The summed E-state index contributed by atoms with van der Waals surface area (Å²) in [5.41, 5.74) is 0.171. The highest BCUT2D eigenvalue weighted by Crippen LogP contribution is 2.62. The van der Waals surface area contributed by atoms with Gasteiger partial charge < -0.3 is 4.90 Å². The summed E-state index contributed by atoms with van der Waals surface area (Å²) in [4.78, 5) is 15.1. The van der Waals surface area contributed by atoms with Crippen LogP contribution in [0.4, 0.5) is 0 Å². The van der Waals surface area contributed by atoms with Gasteiger partial charge in [0.15, 0.2) is 0 Å². The molecule has 3 heteroatoms. The zero-order valence-corrected chi connectivity index (χ0v) is 13.5. The minimum Gasteiger partial charge on any atom is -0.325 e. The van der Waals surface area contributed by atoms with Crippen LogP contribution < -0.4 is 5.32 Å². The summed E-state index contributed by atoms with van der Waals surface area (Å²) < 4.78 is 0. The molecule has 0 bridgehead atoms. The number of amides is 1. The largest absolute Gasteiger partial charge is 0.325 e. The van der Waals surface area contributed by atoms with Crippen molar-refractivity contribution in [2.75, 3.05) is 6.54 Å². The second-order valence-electron chi connectivity index (χ2n) is 8.05. The molecule has 20 heavy (non-hydrogen) atoms. The molecule has 3 rings (SSSR count). The molecule has 0 aromatic heterocycles. The summed E-state index contributed by atoms with van der Waals surface area (Å²) >= 11 is 0. The standard InChI is InChI=1S/C17H30N2O/c1-5-16(4)15(20)19(14(18-16)10-12(2)3)11-17(8-9-17)13-6-7-13/h12-14,18H,5-11H2,1-4H3. The minimum atomic E-state index is -0.334. The maximum absolute atomic E-state index is 12.9. The van der Waals surface area contributed by atoms with E-state index >= 15 is 0 Å². The van der Waals surface area contributed by atoms with Crippen LogP contribution >= 0.6 is 0 Å². The van der Waals surface area contributed by atoms with Crippen LogP contribution in [0.2, 0.25) is 0 Å². The Hall–Kier alpha value is -0.570. The van der Waals surface area contributed by atoms with Crippen LogP contribution in [0.5, 0.6) is 0 Å². The van der Waals surface area contributed by atoms with Gasteiger partial charge in [-0.3, -0.25) is 10.1 Å². The topological polar surface area (TPSA) is 32.3 Å². The summed E-state index contributed by atoms with van der Waals surface area (Å²) in [5.74, 6) is 1.89. The quantitative estimate of drug-likeness (QED) is 0.809. The van der Waals surface area contributed by atoms with Crippen LogP contribution in [0, 0.1) is 17.3 Å². The van der Waals surface area contributed by atoms with Crippen molar-refractivity contribution in [3.05, 3.63) is 0 Å². The van der Waals surface area contributed by atoms with Crippen LogP contribution in [-0.4, -0.2) is 29.1 Å². The minimum absolute atomic E-state index is 0.253. The van der Waals surface area contributed by atoms with E-state index in [2.05, 4.69) is 37.9 Å². The van der Waals surface area contributed by atoms with Crippen molar-refractivity contribution in [2.24, 2.45) is 17.3 Å². The number of rotatable bonds is 6. The monoisotopic (exact) mass is 278 g/mol. The molecule has 2 unspecified atom stereocenters. The van der Waals surface area contributed by atoms with Crippen LogP contribution in [0.3, 0.4) is 0 Å². The zero-order chi connectivity index (χ0) is 14.5. The lowest BCUT2D eigenvalue weighted by atomic mass is 9.97. The van der Waals surface area contributed by atoms with Gasteiger partial charge >= 0.3 is 0 Å². The lowest BCUT2D eigenvalue weighted by Gasteiger charge is -2.30. The molecule has 0 aromatic carbocycles. The molecule has 1 N–H and O–H groups in total. The lowest BCUT2D eigenvalue weighted by molar-refractivity contribution is -0.134. The maximum atomic E-state index is 12.9. The van der Waals surface area contributed by atoms with Gasteiger partial charge in [0, 0.05) is 6.54 Å². The average molecular weight is 278 g/mol. The van der Waals surface area contributed by atoms with Crippen molar-refractivity contribution in [1.29, 1.82) is 0 Å². The van der Waals surface area contributed by atoms with Gasteiger partial charge in [0.2, 0.25) is 5.91 Å². The molecule has 3 fully saturated rings. The Morgan fingerprint density at radius 1 is 1.35 bits per heavy atom. The van der Waals surface area contributed by atoms with Crippen LogP contribution in [0.1, 0.15) is 66.2 Å². The number of hydrogen-bond acceptors (Lipinski definition) is 2. The van der Waals surface area contributed by atoms with E-state index in [0.717, 1.165) is 25.3 Å².